The van der Waals surface area contributed by atoms with Crippen molar-refractivity contribution in [3.63, 3.8) is 0 Å². The zero-order valence-electron chi connectivity index (χ0n) is 21.5. The molecule has 2 aliphatic rings. The predicted octanol–water partition coefficient (Wildman–Crippen LogP) is 6.11. The number of amides is 1. The lowest BCUT2D eigenvalue weighted by Gasteiger charge is -2.35. The average molecular weight is 477 g/mol. The highest BCUT2D eigenvalue weighted by atomic mass is 16.2. The SMILES string of the molecule is CC[C@@H](C)C(=O)C[C@H](C(=O)N1CCC[C@H]1c1cccc(N(C)c2ncccn2)c1)C1CCCCC1. The molecule has 0 unspecified atom stereocenters. The van der Waals surface area contributed by atoms with Crippen LogP contribution in [0.1, 0.15) is 83.2 Å². The Kier molecular flexibility index (Phi) is 8.53. The highest BCUT2D eigenvalue weighted by Gasteiger charge is 2.39. The molecule has 6 nitrogen and oxygen atoms in total. The Balaban J connectivity index is 1.56. The van der Waals surface area contributed by atoms with E-state index >= 15 is 0 Å². The van der Waals surface area contributed by atoms with Gasteiger partial charge >= 0.3 is 0 Å². The lowest BCUT2D eigenvalue weighted by atomic mass is 9.76. The monoisotopic (exact) mass is 476 g/mol. The molecule has 1 aromatic heterocycles. The minimum atomic E-state index is -0.180. The molecule has 2 aromatic rings. The maximum absolute atomic E-state index is 14.1. The number of carbonyl (C=O) groups excluding carboxylic acids is 2. The Labute approximate surface area is 210 Å². The molecule has 35 heavy (non-hydrogen) atoms. The van der Waals surface area contributed by atoms with Gasteiger partial charge in [0, 0.05) is 49.9 Å². The summed E-state index contributed by atoms with van der Waals surface area (Å²) >= 11 is 0. The average Bonchev–Trinajstić information content (AvgIpc) is 3.41. The summed E-state index contributed by atoms with van der Waals surface area (Å²) in [4.78, 5) is 39.8. The molecule has 4 rings (SSSR count). The van der Waals surface area contributed by atoms with E-state index < -0.39 is 0 Å². The molecule has 2 heterocycles. The van der Waals surface area contributed by atoms with E-state index in [2.05, 4.69) is 46.1 Å². The van der Waals surface area contributed by atoms with Gasteiger partial charge in [-0.25, -0.2) is 9.97 Å². The third-order valence-corrected chi connectivity index (χ3v) is 8.15. The Bertz CT molecular complexity index is 989. The molecular formula is C29H40N4O2. The van der Waals surface area contributed by atoms with Crippen molar-refractivity contribution in [3.8, 4) is 0 Å². The summed E-state index contributed by atoms with van der Waals surface area (Å²) in [6.07, 6.45) is 12.4. The van der Waals surface area contributed by atoms with Gasteiger partial charge in [-0.1, -0.05) is 45.2 Å². The molecule has 1 aliphatic carbocycles. The fourth-order valence-electron chi connectivity index (χ4n) is 5.75. The number of nitrogens with zero attached hydrogens (tertiary/aromatic N) is 4. The van der Waals surface area contributed by atoms with E-state index in [1.54, 1.807) is 12.4 Å². The van der Waals surface area contributed by atoms with Crippen LogP contribution in [0.3, 0.4) is 0 Å². The van der Waals surface area contributed by atoms with Crippen LogP contribution in [-0.2, 0) is 9.59 Å². The van der Waals surface area contributed by atoms with Crippen molar-refractivity contribution in [2.75, 3.05) is 18.5 Å². The first-order valence-corrected chi connectivity index (χ1v) is 13.4. The number of rotatable bonds is 9. The van der Waals surface area contributed by atoms with Crippen molar-refractivity contribution in [1.82, 2.24) is 14.9 Å². The minimum Gasteiger partial charge on any atom is -0.335 e. The third-order valence-electron chi connectivity index (χ3n) is 8.15. The maximum Gasteiger partial charge on any atom is 0.229 e. The van der Waals surface area contributed by atoms with Gasteiger partial charge in [-0.05, 0) is 61.8 Å². The molecule has 6 heteroatoms. The van der Waals surface area contributed by atoms with Gasteiger partial charge in [0.2, 0.25) is 11.9 Å². The molecule has 0 N–H and O–H groups in total. The molecular weight excluding hydrogens is 436 g/mol. The van der Waals surface area contributed by atoms with Crippen LogP contribution in [0, 0.1) is 17.8 Å². The van der Waals surface area contributed by atoms with Crippen LogP contribution in [-0.4, -0.2) is 40.2 Å². The normalized spacial score (nSPS) is 20.4. The first-order valence-electron chi connectivity index (χ1n) is 13.4. The van der Waals surface area contributed by atoms with Gasteiger partial charge in [-0.3, -0.25) is 9.59 Å². The first-order chi connectivity index (χ1) is 17.0. The number of hydrogen-bond donors (Lipinski definition) is 0. The quantitative estimate of drug-likeness (QED) is 0.437. The van der Waals surface area contributed by atoms with Crippen LogP contribution in [0.15, 0.2) is 42.7 Å². The van der Waals surface area contributed by atoms with Crippen LogP contribution < -0.4 is 4.90 Å². The molecule has 0 radical (unpaired) electrons. The van der Waals surface area contributed by atoms with E-state index in [0.717, 1.165) is 49.9 Å². The van der Waals surface area contributed by atoms with Gasteiger partial charge in [0.15, 0.2) is 0 Å². The Hall–Kier alpha value is -2.76. The number of Topliss-reactive ketones (excluding diaryl/α,β-unsaturated/α-hetero) is 1. The fraction of sp³-hybridized carbons (Fsp3) is 0.586. The number of carbonyl (C=O) groups is 2. The summed E-state index contributed by atoms with van der Waals surface area (Å²) in [6.45, 7) is 4.83. The number of aromatic nitrogens is 2. The standard InChI is InChI=1S/C29H40N4O2/c1-4-21(2)27(34)20-25(22-11-6-5-7-12-22)28(35)33-18-9-15-26(33)23-13-8-14-24(19-23)32(3)29-30-16-10-17-31-29/h8,10,13-14,16-17,19,21-22,25-26H,4-7,9,11-12,15,18,20H2,1-3H3/t21-,25+,26+/m1/s1. The summed E-state index contributed by atoms with van der Waals surface area (Å²) in [5, 5.41) is 0. The summed E-state index contributed by atoms with van der Waals surface area (Å²) in [7, 11) is 1.96. The molecule has 3 atom stereocenters. The summed E-state index contributed by atoms with van der Waals surface area (Å²) in [6, 6.07) is 10.3. The number of ketones is 1. The second-order valence-corrected chi connectivity index (χ2v) is 10.4. The number of benzene rings is 1. The van der Waals surface area contributed by atoms with Crippen molar-refractivity contribution in [3.05, 3.63) is 48.3 Å². The molecule has 188 valence electrons. The zero-order valence-corrected chi connectivity index (χ0v) is 21.5. The van der Waals surface area contributed by atoms with Crippen LogP contribution in [0.2, 0.25) is 0 Å². The number of anilines is 2. The molecule has 0 spiro atoms. The van der Waals surface area contributed by atoms with Crippen LogP contribution in [0.25, 0.3) is 0 Å². The van der Waals surface area contributed by atoms with E-state index in [4.69, 9.17) is 0 Å². The summed E-state index contributed by atoms with van der Waals surface area (Å²) < 4.78 is 0. The third kappa shape index (κ3) is 5.91. The number of hydrogen-bond acceptors (Lipinski definition) is 5. The molecule has 1 aliphatic heterocycles. The molecule has 0 bridgehead atoms. The molecule has 1 aromatic carbocycles. The van der Waals surface area contributed by atoms with Crippen LogP contribution in [0.5, 0.6) is 0 Å². The highest BCUT2D eigenvalue weighted by Crippen LogP contribution is 2.39. The van der Waals surface area contributed by atoms with Gasteiger partial charge in [-0.15, -0.1) is 0 Å². The lowest BCUT2D eigenvalue weighted by Crippen LogP contribution is -2.40. The Morgan fingerprint density at radius 1 is 1.06 bits per heavy atom. The van der Waals surface area contributed by atoms with Crippen molar-refractivity contribution >= 4 is 23.3 Å². The van der Waals surface area contributed by atoms with Gasteiger partial charge in [0.05, 0.1) is 6.04 Å². The lowest BCUT2D eigenvalue weighted by molar-refractivity contribution is -0.142. The van der Waals surface area contributed by atoms with Gasteiger partial charge < -0.3 is 9.80 Å². The van der Waals surface area contributed by atoms with Crippen LogP contribution in [0.4, 0.5) is 11.6 Å². The summed E-state index contributed by atoms with van der Waals surface area (Å²) in [5.74, 6) is 1.26. The molecule has 1 amide bonds. The minimum absolute atomic E-state index is 0.0238. The van der Waals surface area contributed by atoms with Crippen LogP contribution >= 0.6 is 0 Å². The largest absolute Gasteiger partial charge is 0.335 e. The van der Waals surface area contributed by atoms with Crippen molar-refractivity contribution < 1.29 is 9.59 Å². The second kappa shape index (κ2) is 11.8. The molecule has 1 saturated heterocycles. The second-order valence-electron chi connectivity index (χ2n) is 10.4. The first kappa shape index (κ1) is 25.3. The van der Waals surface area contributed by atoms with E-state index in [0.29, 0.717) is 18.3 Å². The van der Waals surface area contributed by atoms with Gasteiger partial charge in [-0.2, -0.15) is 0 Å². The van der Waals surface area contributed by atoms with Gasteiger partial charge in [0.1, 0.15) is 5.78 Å². The zero-order chi connectivity index (χ0) is 24.8. The van der Waals surface area contributed by atoms with E-state index in [1.165, 1.54) is 19.3 Å². The highest BCUT2D eigenvalue weighted by molar-refractivity contribution is 5.88. The van der Waals surface area contributed by atoms with E-state index in [1.807, 2.05) is 24.9 Å². The van der Waals surface area contributed by atoms with Crippen molar-refractivity contribution in [2.45, 2.75) is 77.7 Å². The Morgan fingerprint density at radius 3 is 2.51 bits per heavy atom. The molecule has 1 saturated carbocycles. The smallest absolute Gasteiger partial charge is 0.229 e. The molecule has 2 fully saturated rings. The van der Waals surface area contributed by atoms with E-state index in [-0.39, 0.29) is 29.6 Å². The Morgan fingerprint density at radius 2 is 1.80 bits per heavy atom. The van der Waals surface area contributed by atoms with Gasteiger partial charge in [0.25, 0.3) is 0 Å². The maximum atomic E-state index is 14.1. The van der Waals surface area contributed by atoms with Crippen molar-refractivity contribution in [1.29, 1.82) is 0 Å². The van der Waals surface area contributed by atoms with E-state index in [9.17, 15) is 9.59 Å². The fourth-order valence-corrected chi connectivity index (χ4v) is 5.75. The summed E-state index contributed by atoms with van der Waals surface area (Å²) in [5.41, 5.74) is 2.15. The number of likely N-dealkylation sites (tertiary alicyclic amines) is 1. The topological polar surface area (TPSA) is 66.4 Å². The predicted molar refractivity (Wildman–Crippen MR) is 139 cm³/mol. The van der Waals surface area contributed by atoms with Crippen molar-refractivity contribution in [2.24, 2.45) is 17.8 Å².